The van der Waals surface area contributed by atoms with Crippen LogP contribution in [0.5, 0.6) is 11.5 Å². The Morgan fingerprint density at radius 1 is 1.23 bits per heavy atom. The molecular formula is C10H8O3. The predicted octanol–water partition coefficient (Wildman–Crippen LogP) is 1.54. The molecule has 2 aliphatic rings. The maximum absolute atomic E-state index is 11.8. The Hall–Kier alpha value is -1.51. The number of benzene rings is 1. The summed E-state index contributed by atoms with van der Waals surface area (Å²) in [5.41, 5.74) is 0.0565. The molecule has 0 saturated carbocycles. The molecule has 0 atom stereocenters. The second-order valence-electron chi connectivity index (χ2n) is 2.83. The van der Waals surface area contributed by atoms with Gasteiger partial charge in [-0.05, 0) is 24.1 Å². The van der Waals surface area contributed by atoms with Crippen molar-refractivity contribution in [1.29, 1.82) is 0 Å². The molecule has 1 aliphatic heterocycles. The summed E-state index contributed by atoms with van der Waals surface area (Å²) in [7, 11) is 0. The Morgan fingerprint density at radius 3 is 2.85 bits per heavy atom. The number of ketones is 1. The summed E-state index contributed by atoms with van der Waals surface area (Å²) in [6.07, 6.45) is -4.90. The summed E-state index contributed by atoms with van der Waals surface area (Å²) in [6.45, 7) is 0.0301. The van der Waals surface area contributed by atoms with Crippen molar-refractivity contribution < 1.29 is 19.8 Å². The van der Waals surface area contributed by atoms with Gasteiger partial charge in [-0.3, -0.25) is 4.79 Å². The SMILES string of the molecule is [2H]C1([2H])C(=O)c2cc3c(cc2C1([2H])[2H])OCO3. The highest BCUT2D eigenvalue weighted by Gasteiger charge is 2.24. The highest BCUT2D eigenvalue weighted by atomic mass is 16.7. The predicted molar refractivity (Wildman–Crippen MR) is 45.2 cm³/mol. The third kappa shape index (κ3) is 0.869. The van der Waals surface area contributed by atoms with Crippen molar-refractivity contribution in [1.82, 2.24) is 0 Å². The van der Waals surface area contributed by atoms with E-state index in [2.05, 4.69) is 0 Å². The van der Waals surface area contributed by atoms with Gasteiger partial charge in [0.25, 0.3) is 0 Å². The van der Waals surface area contributed by atoms with E-state index in [0.717, 1.165) is 0 Å². The van der Waals surface area contributed by atoms with Gasteiger partial charge in [0.2, 0.25) is 6.79 Å². The molecule has 3 rings (SSSR count). The maximum atomic E-state index is 11.8. The van der Waals surface area contributed by atoms with E-state index in [1.165, 1.54) is 12.1 Å². The quantitative estimate of drug-likeness (QED) is 0.607. The van der Waals surface area contributed by atoms with Crippen molar-refractivity contribution in [3.8, 4) is 11.5 Å². The fourth-order valence-corrected chi connectivity index (χ4v) is 1.42. The second-order valence-corrected chi connectivity index (χ2v) is 2.83. The Morgan fingerprint density at radius 2 is 2.00 bits per heavy atom. The first kappa shape index (κ1) is 4.13. The van der Waals surface area contributed by atoms with Gasteiger partial charge < -0.3 is 9.47 Å². The van der Waals surface area contributed by atoms with Crippen molar-refractivity contribution in [2.45, 2.75) is 12.7 Å². The van der Waals surface area contributed by atoms with Gasteiger partial charge >= 0.3 is 0 Å². The minimum atomic E-state index is -2.55. The van der Waals surface area contributed by atoms with E-state index in [0.29, 0.717) is 11.5 Å². The number of aryl methyl sites for hydroxylation is 1. The van der Waals surface area contributed by atoms with Crippen LogP contribution in [0.2, 0.25) is 0 Å². The zero-order chi connectivity index (χ0) is 12.4. The fraction of sp³-hybridized carbons (Fsp3) is 0.300. The van der Waals surface area contributed by atoms with Crippen molar-refractivity contribution in [3.63, 3.8) is 0 Å². The average Bonchev–Trinajstić information content (AvgIpc) is 2.76. The van der Waals surface area contributed by atoms with Gasteiger partial charge in [-0.15, -0.1) is 0 Å². The molecule has 1 aromatic rings. The standard InChI is InChI=1S/C10H8O3/c11-8-2-1-6-3-9-10(4-7(6)8)13-5-12-9/h3-4H,1-2,5H2/i1D2,2D2. The molecule has 0 saturated heterocycles. The Labute approximate surface area is 80.9 Å². The van der Waals surface area contributed by atoms with Crippen LogP contribution in [-0.4, -0.2) is 12.6 Å². The third-order valence-electron chi connectivity index (χ3n) is 2.07. The van der Waals surface area contributed by atoms with Gasteiger partial charge in [-0.2, -0.15) is 0 Å². The topological polar surface area (TPSA) is 35.5 Å². The summed E-state index contributed by atoms with van der Waals surface area (Å²) in [5.74, 6) is -0.153. The van der Waals surface area contributed by atoms with E-state index in [1.807, 2.05) is 0 Å². The van der Waals surface area contributed by atoms with Crippen molar-refractivity contribution in [2.75, 3.05) is 6.79 Å². The number of carbonyl (C=O) groups excluding carboxylic acids is 1. The molecular weight excluding hydrogens is 168 g/mol. The number of carbonyl (C=O) groups is 1. The van der Waals surface area contributed by atoms with E-state index in [1.54, 1.807) is 0 Å². The second kappa shape index (κ2) is 2.25. The number of ether oxygens (including phenoxy) is 2. The minimum Gasteiger partial charge on any atom is -0.454 e. The molecule has 0 aromatic heterocycles. The van der Waals surface area contributed by atoms with Gasteiger partial charge in [0.1, 0.15) is 0 Å². The first-order valence-corrected chi connectivity index (χ1v) is 3.84. The first-order chi connectivity index (χ1) is 7.85. The Kier molecular flexibility index (Phi) is 0.715. The van der Waals surface area contributed by atoms with Gasteiger partial charge in [-0.1, -0.05) is 0 Å². The van der Waals surface area contributed by atoms with Gasteiger partial charge in [-0.25, -0.2) is 0 Å². The molecule has 1 heterocycles. The number of hydrogen-bond donors (Lipinski definition) is 0. The molecule has 0 bridgehead atoms. The maximum Gasteiger partial charge on any atom is 0.231 e. The number of fused-ring (bicyclic) bond motifs is 2. The normalized spacial score (nSPS) is 30.0. The van der Waals surface area contributed by atoms with Crippen molar-refractivity contribution in [3.05, 3.63) is 23.3 Å². The zero-order valence-electron chi connectivity index (χ0n) is 10.6. The molecule has 0 unspecified atom stereocenters. The molecule has 1 aromatic carbocycles. The zero-order valence-corrected chi connectivity index (χ0v) is 6.59. The summed E-state index contributed by atoms with van der Waals surface area (Å²) in [5, 5.41) is 0. The first-order valence-electron chi connectivity index (χ1n) is 5.84. The number of hydrogen-bond acceptors (Lipinski definition) is 3. The lowest BCUT2D eigenvalue weighted by Crippen LogP contribution is -1.93. The molecule has 0 amide bonds. The van der Waals surface area contributed by atoms with Crippen LogP contribution in [0, 0.1) is 0 Å². The van der Waals surface area contributed by atoms with Gasteiger partial charge in [0.05, 0.1) is 0 Å². The van der Waals surface area contributed by atoms with Crippen molar-refractivity contribution in [2.24, 2.45) is 0 Å². The average molecular weight is 180 g/mol. The molecule has 0 fully saturated rings. The highest BCUT2D eigenvalue weighted by molar-refractivity contribution is 6.01. The summed E-state index contributed by atoms with van der Waals surface area (Å²) in [6, 6.07) is 2.70. The van der Waals surface area contributed by atoms with Crippen LogP contribution in [0.1, 0.15) is 27.8 Å². The van der Waals surface area contributed by atoms with Crippen LogP contribution in [0.3, 0.4) is 0 Å². The van der Waals surface area contributed by atoms with Gasteiger partial charge in [0.15, 0.2) is 17.3 Å². The van der Waals surface area contributed by atoms with Crippen molar-refractivity contribution >= 4 is 5.78 Å². The summed E-state index contributed by atoms with van der Waals surface area (Å²) in [4.78, 5) is 11.8. The van der Waals surface area contributed by atoms with E-state index >= 15 is 0 Å². The lowest BCUT2D eigenvalue weighted by Gasteiger charge is -1.99. The number of Topliss-reactive ketones (excluding diaryl/α,β-unsaturated/α-hetero) is 1. The van der Waals surface area contributed by atoms with Crippen LogP contribution in [0.15, 0.2) is 12.1 Å². The van der Waals surface area contributed by atoms with Crippen LogP contribution in [0.4, 0.5) is 0 Å². The molecule has 0 N–H and O–H groups in total. The van der Waals surface area contributed by atoms with E-state index in [-0.39, 0.29) is 17.9 Å². The van der Waals surface area contributed by atoms with Crippen LogP contribution in [-0.2, 0) is 6.37 Å². The molecule has 13 heavy (non-hydrogen) atoms. The van der Waals surface area contributed by atoms with Crippen LogP contribution >= 0.6 is 0 Å². The smallest absolute Gasteiger partial charge is 0.231 e. The summed E-state index contributed by atoms with van der Waals surface area (Å²) < 4.78 is 40.8. The molecule has 3 nitrogen and oxygen atoms in total. The van der Waals surface area contributed by atoms with Crippen LogP contribution in [0.25, 0.3) is 0 Å². The molecule has 1 aliphatic carbocycles. The third-order valence-corrected chi connectivity index (χ3v) is 2.07. The van der Waals surface area contributed by atoms with E-state index in [4.69, 9.17) is 15.0 Å². The molecule has 0 spiro atoms. The lowest BCUT2D eigenvalue weighted by atomic mass is 10.1. The Balaban J connectivity index is 2.28. The van der Waals surface area contributed by atoms with Gasteiger partial charge in [0, 0.05) is 17.4 Å². The molecule has 66 valence electrons. The minimum absolute atomic E-state index is 0.0248. The number of rotatable bonds is 0. The molecule has 0 radical (unpaired) electrons. The highest BCUT2D eigenvalue weighted by Crippen LogP contribution is 2.37. The molecule has 3 heteroatoms. The van der Waals surface area contributed by atoms with Crippen LogP contribution < -0.4 is 9.47 Å². The monoisotopic (exact) mass is 180 g/mol. The lowest BCUT2D eigenvalue weighted by molar-refractivity contribution is 0.0994. The van der Waals surface area contributed by atoms with E-state index < -0.39 is 18.5 Å². The Bertz CT molecular complexity index is 539. The fourth-order valence-electron chi connectivity index (χ4n) is 1.42. The van der Waals surface area contributed by atoms with E-state index in [9.17, 15) is 4.79 Å². The largest absolute Gasteiger partial charge is 0.454 e. The summed E-state index contributed by atoms with van der Waals surface area (Å²) >= 11 is 0.